The van der Waals surface area contributed by atoms with E-state index in [1.165, 1.54) is 0 Å². The molecule has 0 saturated heterocycles. The fourth-order valence-electron chi connectivity index (χ4n) is 2.88. The van der Waals surface area contributed by atoms with Crippen LogP contribution in [0.1, 0.15) is 38.5 Å². The number of nitrogens with zero attached hydrogens (tertiary/aromatic N) is 1. The van der Waals surface area contributed by atoms with E-state index in [0.717, 1.165) is 0 Å². The minimum atomic E-state index is -0.937. The van der Waals surface area contributed by atoms with E-state index in [2.05, 4.69) is 10.3 Å². The molecule has 0 fully saturated rings. The van der Waals surface area contributed by atoms with Crippen LogP contribution >= 0.6 is 0 Å². The summed E-state index contributed by atoms with van der Waals surface area (Å²) in [5.41, 5.74) is 1.94. The van der Waals surface area contributed by atoms with Crippen LogP contribution in [0.25, 0.3) is 11.1 Å². The summed E-state index contributed by atoms with van der Waals surface area (Å²) < 4.78 is 5.64. The Balaban J connectivity index is 1.79. The number of allylic oxidation sites excluding steroid dienone is 2. The quantitative estimate of drug-likeness (QED) is 0.837. The van der Waals surface area contributed by atoms with Gasteiger partial charge in [0.05, 0.1) is 11.8 Å². The highest BCUT2D eigenvalue weighted by Gasteiger charge is 2.34. The highest BCUT2D eigenvalue weighted by molar-refractivity contribution is 5.96. The molecule has 1 heterocycles. The van der Waals surface area contributed by atoms with Gasteiger partial charge in [-0.05, 0) is 31.0 Å². The maximum atomic E-state index is 12.5. The Labute approximate surface area is 139 Å². The number of benzene rings is 1. The van der Waals surface area contributed by atoms with Crippen molar-refractivity contribution < 1.29 is 19.1 Å². The Morgan fingerprint density at radius 3 is 2.62 bits per heavy atom. The Morgan fingerprint density at radius 2 is 1.96 bits per heavy atom. The van der Waals surface area contributed by atoms with E-state index < -0.39 is 17.8 Å². The van der Waals surface area contributed by atoms with E-state index in [1.54, 1.807) is 18.2 Å². The van der Waals surface area contributed by atoms with E-state index in [4.69, 9.17) is 4.42 Å². The third-order valence-electron chi connectivity index (χ3n) is 4.25. The van der Waals surface area contributed by atoms with Gasteiger partial charge in [0, 0.05) is 11.6 Å². The van der Waals surface area contributed by atoms with Gasteiger partial charge in [-0.15, -0.1) is 0 Å². The van der Waals surface area contributed by atoms with Crippen molar-refractivity contribution in [2.24, 2.45) is 11.8 Å². The van der Waals surface area contributed by atoms with Crippen molar-refractivity contribution >= 4 is 28.7 Å². The summed E-state index contributed by atoms with van der Waals surface area (Å²) in [5.74, 6) is -1.63. The molecule has 6 heteroatoms. The molecule has 0 bridgehead atoms. The normalized spacial score (nSPS) is 20.5. The number of carbonyl (C=O) groups excluding carboxylic acids is 1. The summed E-state index contributed by atoms with van der Waals surface area (Å²) in [5, 5.41) is 12.1. The number of aliphatic carboxylic acids is 1. The predicted octanol–water partition coefficient (Wildman–Crippen LogP) is 3.56. The molecule has 0 aliphatic heterocycles. The first-order valence-electron chi connectivity index (χ1n) is 8.05. The first-order valence-corrected chi connectivity index (χ1v) is 8.05. The fourth-order valence-corrected chi connectivity index (χ4v) is 2.88. The number of rotatable bonds is 4. The topological polar surface area (TPSA) is 92.4 Å². The van der Waals surface area contributed by atoms with Crippen molar-refractivity contribution in [3.05, 3.63) is 36.2 Å². The van der Waals surface area contributed by atoms with Crippen molar-refractivity contribution in [2.45, 2.75) is 32.6 Å². The van der Waals surface area contributed by atoms with Crippen LogP contribution in [-0.2, 0) is 9.59 Å². The average Bonchev–Trinajstić information content (AvgIpc) is 2.98. The molecule has 24 heavy (non-hydrogen) atoms. The van der Waals surface area contributed by atoms with Gasteiger partial charge < -0.3 is 14.8 Å². The van der Waals surface area contributed by atoms with Gasteiger partial charge in [0.1, 0.15) is 5.52 Å². The first kappa shape index (κ1) is 16.2. The Bertz CT molecular complexity index is 806. The van der Waals surface area contributed by atoms with Crippen LogP contribution in [0.5, 0.6) is 0 Å². The molecule has 2 aromatic rings. The number of nitrogens with one attached hydrogen (secondary N) is 1. The molecule has 1 aromatic heterocycles. The molecule has 2 N–H and O–H groups in total. The molecule has 6 nitrogen and oxygen atoms in total. The second-order valence-corrected chi connectivity index (χ2v) is 6.37. The lowest BCUT2D eigenvalue weighted by Gasteiger charge is -2.24. The molecule has 0 saturated carbocycles. The molecule has 0 unspecified atom stereocenters. The van der Waals surface area contributed by atoms with Crippen LogP contribution in [0, 0.1) is 11.8 Å². The van der Waals surface area contributed by atoms with E-state index in [0.29, 0.717) is 35.5 Å². The molecule has 1 aliphatic rings. The van der Waals surface area contributed by atoms with Gasteiger partial charge in [-0.25, -0.2) is 4.98 Å². The number of amides is 1. The predicted molar refractivity (Wildman–Crippen MR) is 89.7 cm³/mol. The van der Waals surface area contributed by atoms with Gasteiger partial charge in [0.25, 0.3) is 0 Å². The molecule has 1 aliphatic carbocycles. The SMILES string of the molecule is CC(C)c1nc2cc(NC(=O)[C@H]3CC=CC[C@H]3C(=O)O)ccc2o1. The van der Waals surface area contributed by atoms with Crippen LogP contribution < -0.4 is 5.32 Å². The van der Waals surface area contributed by atoms with Crippen LogP contribution in [0.3, 0.4) is 0 Å². The van der Waals surface area contributed by atoms with E-state index >= 15 is 0 Å². The van der Waals surface area contributed by atoms with E-state index in [9.17, 15) is 14.7 Å². The second kappa shape index (κ2) is 6.47. The number of carboxylic acids is 1. The zero-order chi connectivity index (χ0) is 17.3. The number of aromatic nitrogens is 1. The van der Waals surface area contributed by atoms with Gasteiger partial charge in [-0.2, -0.15) is 0 Å². The Hall–Kier alpha value is -2.63. The molecule has 2 atom stereocenters. The zero-order valence-corrected chi connectivity index (χ0v) is 13.7. The highest BCUT2D eigenvalue weighted by Crippen LogP contribution is 2.28. The van der Waals surface area contributed by atoms with Crippen molar-refractivity contribution in [3.63, 3.8) is 0 Å². The zero-order valence-electron chi connectivity index (χ0n) is 13.7. The summed E-state index contributed by atoms with van der Waals surface area (Å²) in [6.07, 6.45) is 4.50. The van der Waals surface area contributed by atoms with Crippen molar-refractivity contribution in [2.75, 3.05) is 5.32 Å². The number of oxazole rings is 1. The molecule has 3 rings (SSSR count). The summed E-state index contributed by atoms with van der Waals surface area (Å²) >= 11 is 0. The number of carbonyl (C=O) groups is 2. The third-order valence-corrected chi connectivity index (χ3v) is 4.25. The number of anilines is 1. The summed E-state index contributed by atoms with van der Waals surface area (Å²) in [7, 11) is 0. The van der Waals surface area contributed by atoms with Gasteiger partial charge in [0.2, 0.25) is 5.91 Å². The Morgan fingerprint density at radius 1 is 1.25 bits per heavy atom. The second-order valence-electron chi connectivity index (χ2n) is 6.37. The minimum Gasteiger partial charge on any atom is -0.481 e. The number of hydrogen-bond acceptors (Lipinski definition) is 4. The highest BCUT2D eigenvalue weighted by atomic mass is 16.4. The molecule has 0 radical (unpaired) electrons. The van der Waals surface area contributed by atoms with Crippen LogP contribution in [0.4, 0.5) is 5.69 Å². The van der Waals surface area contributed by atoms with Crippen LogP contribution in [0.2, 0.25) is 0 Å². The van der Waals surface area contributed by atoms with Gasteiger partial charge >= 0.3 is 5.97 Å². The number of fused-ring (bicyclic) bond motifs is 1. The summed E-state index contributed by atoms with van der Waals surface area (Å²) in [4.78, 5) is 28.2. The standard InChI is InChI=1S/C18H20N2O4/c1-10(2)17-20-14-9-11(7-8-15(14)24-17)19-16(21)12-5-3-4-6-13(12)18(22)23/h3-4,7-10,12-13H,5-6H2,1-2H3,(H,19,21)(H,22,23)/t12-,13+/m0/s1. The van der Waals surface area contributed by atoms with Gasteiger partial charge in [-0.1, -0.05) is 26.0 Å². The fraction of sp³-hybridized carbons (Fsp3) is 0.389. The third kappa shape index (κ3) is 3.18. The average molecular weight is 328 g/mol. The van der Waals surface area contributed by atoms with Gasteiger partial charge in [-0.3, -0.25) is 9.59 Å². The van der Waals surface area contributed by atoms with Crippen LogP contribution in [-0.4, -0.2) is 22.0 Å². The monoisotopic (exact) mass is 328 g/mol. The van der Waals surface area contributed by atoms with Gasteiger partial charge in [0.15, 0.2) is 11.5 Å². The molecule has 1 aromatic carbocycles. The smallest absolute Gasteiger partial charge is 0.307 e. The maximum absolute atomic E-state index is 12.5. The lowest BCUT2D eigenvalue weighted by molar-refractivity contribution is -0.146. The van der Waals surface area contributed by atoms with Crippen molar-refractivity contribution in [3.8, 4) is 0 Å². The summed E-state index contributed by atoms with van der Waals surface area (Å²) in [6.45, 7) is 3.99. The molecule has 126 valence electrons. The lowest BCUT2D eigenvalue weighted by atomic mass is 9.82. The molecular formula is C18H20N2O4. The maximum Gasteiger partial charge on any atom is 0.307 e. The lowest BCUT2D eigenvalue weighted by Crippen LogP contribution is -2.34. The van der Waals surface area contributed by atoms with Crippen molar-refractivity contribution in [1.82, 2.24) is 4.98 Å². The largest absolute Gasteiger partial charge is 0.481 e. The summed E-state index contributed by atoms with van der Waals surface area (Å²) in [6, 6.07) is 5.25. The minimum absolute atomic E-state index is 0.181. The molecule has 0 spiro atoms. The first-order chi connectivity index (χ1) is 11.5. The van der Waals surface area contributed by atoms with E-state index in [-0.39, 0.29) is 11.8 Å². The van der Waals surface area contributed by atoms with Crippen LogP contribution in [0.15, 0.2) is 34.8 Å². The van der Waals surface area contributed by atoms with Crippen molar-refractivity contribution in [1.29, 1.82) is 0 Å². The number of carboxylic acid groups (broad SMARTS) is 1. The number of hydrogen-bond donors (Lipinski definition) is 2. The van der Waals surface area contributed by atoms with E-state index in [1.807, 2.05) is 26.0 Å². The molecule has 1 amide bonds. The molecular weight excluding hydrogens is 308 g/mol. The Kier molecular flexibility index (Phi) is 4.38.